The van der Waals surface area contributed by atoms with Crippen LogP contribution in [0.15, 0.2) is 23.4 Å². The summed E-state index contributed by atoms with van der Waals surface area (Å²) < 4.78 is 56.0. The van der Waals surface area contributed by atoms with Crippen LogP contribution in [0.25, 0.3) is 0 Å². The lowest BCUT2D eigenvalue weighted by molar-refractivity contribution is -0.249. The first-order valence-corrected chi connectivity index (χ1v) is 14.9. The van der Waals surface area contributed by atoms with Crippen molar-refractivity contribution in [2.75, 3.05) is 20.3 Å². The minimum atomic E-state index is -5.30. The first-order valence-electron chi connectivity index (χ1n) is 14.9. The van der Waals surface area contributed by atoms with E-state index in [9.17, 15) is 57.9 Å². The number of aliphatic hydroxyl groups excluding tert-OH is 2. The second-order valence-electron chi connectivity index (χ2n) is 11.9. The van der Waals surface area contributed by atoms with Gasteiger partial charge in [0.05, 0.1) is 48.7 Å². The number of phenols is 2. The number of carbonyl (C=O) groups excluding carboxylic acids is 3. The third-order valence-electron chi connectivity index (χ3n) is 8.72. The van der Waals surface area contributed by atoms with Gasteiger partial charge >= 0.3 is 18.1 Å². The maximum absolute atomic E-state index is 13.9. The van der Waals surface area contributed by atoms with Gasteiger partial charge in [0.15, 0.2) is 12.1 Å². The van der Waals surface area contributed by atoms with E-state index in [1.807, 2.05) is 0 Å². The van der Waals surface area contributed by atoms with E-state index in [1.165, 1.54) is 32.2 Å². The second-order valence-corrected chi connectivity index (χ2v) is 11.9. The molecule has 1 saturated heterocycles. The van der Waals surface area contributed by atoms with Crippen LogP contribution in [0.3, 0.4) is 0 Å². The number of alkyl halides is 3. The fourth-order valence-electron chi connectivity index (χ4n) is 6.40. The van der Waals surface area contributed by atoms with Crippen molar-refractivity contribution in [3.63, 3.8) is 0 Å². The fourth-order valence-corrected chi connectivity index (χ4v) is 6.40. The van der Waals surface area contributed by atoms with Gasteiger partial charge in [-0.3, -0.25) is 14.4 Å². The predicted octanol–water partition coefficient (Wildman–Crippen LogP) is 0.609. The molecule has 0 radical (unpaired) electrons. The molecule has 3 aliphatic rings. The Bertz CT molecular complexity index is 1780. The first-order chi connectivity index (χ1) is 23.4. The number of hydrogen-bond acceptors (Lipinski definition) is 14. The zero-order valence-corrected chi connectivity index (χ0v) is 26.2. The minimum Gasteiger partial charge on any atom is -0.507 e. The number of phenolic OH excluding ortho intramolecular Hbond substituents is 2. The van der Waals surface area contributed by atoms with Crippen LogP contribution >= 0.6 is 0 Å². The number of aliphatic hydroxyl groups is 3. The number of benzene rings is 2. The van der Waals surface area contributed by atoms with Gasteiger partial charge in [-0.05, 0) is 13.0 Å². The summed E-state index contributed by atoms with van der Waals surface area (Å²) in [4.78, 5) is 55.0. The lowest BCUT2D eigenvalue weighted by Crippen LogP contribution is -2.57. The molecule has 0 saturated carbocycles. The van der Waals surface area contributed by atoms with E-state index in [-0.39, 0.29) is 28.0 Å². The van der Waals surface area contributed by atoms with Crippen molar-refractivity contribution in [1.82, 2.24) is 5.32 Å². The number of nitrogens with one attached hydrogen (secondary N) is 1. The molecule has 19 heteroatoms. The van der Waals surface area contributed by atoms with E-state index < -0.39 is 127 Å². The summed E-state index contributed by atoms with van der Waals surface area (Å²) in [7, 11) is 1.24. The highest BCUT2D eigenvalue weighted by Crippen LogP contribution is 2.52. The number of amides is 1. The second kappa shape index (κ2) is 13.5. The van der Waals surface area contributed by atoms with E-state index in [2.05, 4.69) is 5.16 Å². The summed E-state index contributed by atoms with van der Waals surface area (Å²) in [5.74, 6) is -7.42. The highest BCUT2D eigenvalue weighted by Gasteiger charge is 2.50. The highest BCUT2D eigenvalue weighted by molar-refractivity contribution is 6.31. The van der Waals surface area contributed by atoms with Gasteiger partial charge < -0.3 is 55.0 Å². The standard InChI is InChI=1S/C31H31F3N2O14/c1-11-24(40)14(35-29(45)31(32,33)34)6-19(49-11)50-16-8-30(46,17(9-37)36-48-10-18(38)39)7-13-21(16)28(44)23-22(26(13)42)25(41)12-4-3-5-15(47-2)20(12)27(23)43/h3-5,11,14,16,19,24,37,40,42,44,46H,6-10H2,1-2H3,(H,35,45)(H,38,39)/b36-17+/t11?,14?,16-,19?,24?,30-/m0/s1. The van der Waals surface area contributed by atoms with Crippen molar-refractivity contribution in [3.05, 3.63) is 51.6 Å². The molecule has 2 aliphatic carbocycles. The molecule has 7 N–H and O–H groups in total. The third-order valence-corrected chi connectivity index (χ3v) is 8.72. The zero-order valence-electron chi connectivity index (χ0n) is 26.2. The molecule has 6 atom stereocenters. The molecule has 5 rings (SSSR count). The maximum Gasteiger partial charge on any atom is 0.471 e. The molecule has 1 fully saturated rings. The number of carbonyl (C=O) groups is 4. The Kier molecular flexibility index (Phi) is 9.83. The maximum atomic E-state index is 13.9. The van der Waals surface area contributed by atoms with Crippen LogP contribution in [0.1, 0.15) is 68.8 Å². The van der Waals surface area contributed by atoms with Gasteiger partial charge in [0.1, 0.15) is 34.7 Å². The Hall–Kier alpha value is -4.82. The van der Waals surface area contributed by atoms with Gasteiger partial charge in [-0.2, -0.15) is 13.2 Å². The van der Waals surface area contributed by atoms with Crippen molar-refractivity contribution in [2.24, 2.45) is 5.16 Å². The lowest BCUT2D eigenvalue weighted by atomic mass is 9.71. The van der Waals surface area contributed by atoms with E-state index >= 15 is 0 Å². The Morgan fingerprint density at radius 2 is 1.80 bits per heavy atom. The fraction of sp³-hybridized carbons (Fsp3) is 0.452. The molecule has 1 amide bonds. The van der Waals surface area contributed by atoms with Crippen molar-refractivity contribution in [1.29, 1.82) is 0 Å². The molecule has 50 heavy (non-hydrogen) atoms. The number of hydrogen-bond donors (Lipinski definition) is 7. The number of rotatable bonds is 9. The van der Waals surface area contributed by atoms with Gasteiger partial charge in [-0.25, -0.2) is 4.79 Å². The Morgan fingerprint density at radius 1 is 1.12 bits per heavy atom. The number of aromatic hydroxyl groups is 2. The predicted molar refractivity (Wildman–Crippen MR) is 158 cm³/mol. The number of carboxylic acids is 1. The van der Waals surface area contributed by atoms with Gasteiger partial charge in [0.2, 0.25) is 12.4 Å². The van der Waals surface area contributed by atoms with Crippen molar-refractivity contribution >= 4 is 29.2 Å². The number of halogens is 3. The quantitative estimate of drug-likeness (QED) is 0.0913. The van der Waals surface area contributed by atoms with Gasteiger partial charge in [-0.15, -0.1) is 0 Å². The number of carboxylic acid groups (broad SMARTS) is 1. The third kappa shape index (κ3) is 6.44. The van der Waals surface area contributed by atoms with E-state index in [4.69, 9.17) is 24.2 Å². The van der Waals surface area contributed by atoms with Crippen molar-refractivity contribution in [2.45, 2.75) is 68.6 Å². The molecule has 16 nitrogen and oxygen atoms in total. The van der Waals surface area contributed by atoms with Gasteiger partial charge in [-0.1, -0.05) is 17.3 Å². The summed E-state index contributed by atoms with van der Waals surface area (Å²) in [5, 5.41) is 69.8. The van der Waals surface area contributed by atoms with Crippen LogP contribution in [-0.4, -0.2) is 116 Å². The largest absolute Gasteiger partial charge is 0.507 e. The minimum absolute atomic E-state index is 0.0226. The number of methoxy groups -OCH3 is 1. The van der Waals surface area contributed by atoms with Gasteiger partial charge in [0.25, 0.3) is 0 Å². The number of fused-ring (bicyclic) bond motifs is 3. The van der Waals surface area contributed by atoms with Crippen LogP contribution in [-0.2, 0) is 30.3 Å². The van der Waals surface area contributed by atoms with E-state index in [0.717, 1.165) is 0 Å². The van der Waals surface area contributed by atoms with E-state index in [1.54, 1.807) is 5.32 Å². The summed E-state index contributed by atoms with van der Waals surface area (Å²) in [5.41, 5.74) is -5.38. The van der Waals surface area contributed by atoms with Crippen LogP contribution in [0, 0.1) is 0 Å². The topological polar surface area (TPSA) is 251 Å². The SMILES string of the molecule is COc1cccc2c1C(=O)c1c(O)c3c(c(O)c1C2=O)C[C@@](O)(/C(CO)=N/OCC(=O)O)C[C@@H]3OC1CC(NC(=O)C(F)(F)F)C(O)C(C)O1. The molecule has 0 aromatic heterocycles. The summed E-state index contributed by atoms with van der Waals surface area (Å²) in [6, 6.07) is 2.52. The number of nitrogens with zero attached hydrogens (tertiary/aromatic N) is 1. The first kappa shape index (κ1) is 36.5. The average Bonchev–Trinajstić information content (AvgIpc) is 3.04. The molecule has 1 aliphatic heterocycles. The monoisotopic (exact) mass is 712 g/mol. The van der Waals surface area contributed by atoms with E-state index in [0.29, 0.717) is 0 Å². The number of ether oxygens (including phenoxy) is 3. The molecule has 2 aromatic rings. The Labute approximate surface area is 279 Å². The van der Waals surface area contributed by atoms with Crippen LogP contribution < -0.4 is 10.1 Å². The highest BCUT2D eigenvalue weighted by atomic mass is 19.4. The summed E-state index contributed by atoms with van der Waals surface area (Å²) >= 11 is 0. The smallest absolute Gasteiger partial charge is 0.471 e. The lowest BCUT2D eigenvalue weighted by Gasteiger charge is -2.43. The van der Waals surface area contributed by atoms with Crippen molar-refractivity contribution in [3.8, 4) is 17.2 Å². The number of aliphatic carboxylic acids is 1. The van der Waals surface area contributed by atoms with Crippen molar-refractivity contribution < 1.29 is 82.0 Å². The molecule has 270 valence electrons. The molecule has 0 bridgehead atoms. The molecular formula is C31H31F3N2O14. The Morgan fingerprint density at radius 3 is 2.42 bits per heavy atom. The van der Waals surface area contributed by atoms with Crippen LogP contribution in [0.2, 0.25) is 0 Å². The number of ketones is 2. The van der Waals surface area contributed by atoms with Crippen LogP contribution in [0.5, 0.6) is 17.2 Å². The molecule has 4 unspecified atom stereocenters. The number of oxime groups is 1. The zero-order chi connectivity index (χ0) is 36.9. The molecule has 0 spiro atoms. The average molecular weight is 713 g/mol. The molecule has 1 heterocycles. The Balaban J connectivity index is 1.64. The van der Waals surface area contributed by atoms with Crippen LogP contribution in [0.4, 0.5) is 13.2 Å². The molecular weight excluding hydrogens is 681 g/mol. The summed E-state index contributed by atoms with van der Waals surface area (Å²) in [6.45, 7) is -0.769. The van der Waals surface area contributed by atoms with Gasteiger partial charge in [0, 0.05) is 36.0 Å². The molecule has 2 aromatic carbocycles. The normalized spacial score (nSPS) is 26.4. The summed E-state index contributed by atoms with van der Waals surface area (Å²) in [6.07, 6.45) is -13.5.